The molecule has 0 aliphatic carbocycles. The molecule has 2 aliphatic rings. The number of nitrogens with zero attached hydrogens (tertiary/aromatic N) is 2. The van der Waals surface area contributed by atoms with E-state index >= 15 is 0 Å². The second-order valence-electron chi connectivity index (χ2n) is 8.09. The number of carbonyl (C=O) groups is 1. The average molecular weight is 363 g/mol. The zero-order valence-corrected chi connectivity index (χ0v) is 16.1. The van der Waals surface area contributed by atoms with Crippen LogP contribution in [-0.2, 0) is 17.6 Å². The van der Waals surface area contributed by atoms with E-state index in [-0.39, 0.29) is 6.04 Å². The normalized spacial score (nSPS) is 21.0. The van der Waals surface area contributed by atoms with Gasteiger partial charge in [-0.05, 0) is 55.2 Å². The minimum Gasteiger partial charge on any atom is -0.362 e. The molecular formula is C24H30N2O. The number of para-hydroxylation sites is 1. The van der Waals surface area contributed by atoms with Crippen LogP contribution in [0.25, 0.3) is 0 Å². The van der Waals surface area contributed by atoms with Crippen molar-refractivity contribution in [3.63, 3.8) is 0 Å². The predicted octanol–water partition coefficient (Wildman–Crippen LogP) is 3.96. The fourth-order valence-corrected chi connectivity index (χ4v) is 4.61. The third kappa shape index (κ3) is 4.41. The van der Waals surface area contributed by atoms with Crippen LogP contribution < -0.4 is 4.90 Å². The fourth-order valence-electron chi connectivity index (χ4n) is 4.61. The van der Waals surface area contributed by atoms with E-state index in [9.17, 15) is 4.79 Å². The average Bonchev–Trinajstić information content (AvgIpc) is 2.70. The minimum absolute atomic E-state index is 0.0548. The van der Waals surface area contributed by atoms with Crippen LogP contribution in [0.1, 0.15) is 30.4 Å². The molecular weight excluding hydrogens is 332 g/mol. The monoisotopic (exact) mass is 362 g/mol. The summed E-state index contributed by atoms with van der Waals surface area (Å²) in [5, 5.41) is 0. The van der Waals surface area contributed by atoms with E-state index in [1.165, 1.54) is 49.2 Å². The summed E-state index contributed by atoms with van der Waals surface area (Å²) >= 11 is 0. The Morgan fingerprint density at radius 2 is 1.74 bits per heavy atom. The van der Waals surface area contributed by atoms with E-state index in [2.05, 4.69) is 64.4 Å². The zero-order valence-electron chi connectivity index (χ0n) is 16.1. The van der Waals surface area contributed by atoms with E-state index in [1.807, 2.05) is 0 Å². The first-order chi connectivity index (χ1) is 13.3. The first kappa shape index (κ1) is 18.2. The Balaban J connectivity index is 1.31. The molecule has 0 aromatic heterocycles. The lowest BCUT2D eigenvalue weighted by atomic mass is 9.91. The summed E-state index contributed by atoms with van der Waals surface area (Å²) in [4.78, 5) is 16.4. The summed E-state index contributed by atoms with van der Waals surface area (Å²) < 4.78 is 0. The van der Waals surface area contributed by atoms with Gasteiger partial charge in [-0.25, -0.2) is 0 Å². The molecule has 2 heterocycles. The van der Waals surface area contributed by atoms with Crippen molar-refractivity contribution >= 4 is 12.0 Å². The van der Waals surface area contributed by atoms with Crippen LogP contribution in [0.15, 0.2) is 54.6 Å². The van der Waals surface area contributed by atoms with Gasteiger partial charge >= 0.3 is 0 Å². The quantitative estimate of drug-likeness (QED) is 0.697. The van der Waals surface area contributed by atoms with Crippen LogP contribution >= 0.6 is 0 Å². The van der Waals surface area contributed by atoms with Crippen LogP contribution in [0, 0.1) is 5.92 Å². The van der Waals surface area contributed by atoms with Crippen LogP contribution in [0.4, 0.5) is 5.69 Å². The van der Waals surface area contributed by atoms with Crippen molar-refractivity contribution in [3.05, 3.63) is 65.7 Å². The maximum atomic E-state index is 11.5. The highest BCUT2D eigenvalue weighted by Gasteiger charge is 2.27. The molecule has 142 valence electrons. The highest BCUT2D eigenvalue weighted by molar-refractivity contribution is 5.68. The second kappa shape index (κ2) is 8.71. The fraction of sp³-hybridized carbons (Fsp3) is 0.458. The Labute approximate surface area is 163 Å². The summed E-state index contributed by atoms with van der Waals surface area (Å²) in [7, 11) is 0. The van der Waals surface area contributed by atoms with E-state index in [1.54, 1.807) is 0 Å². The predicted molar refractivity (Wildman–Crippen MR) is 111 cm³/mol. The maximum absolute atomic E-state index is 11.5. The molecule has 2 fully saturated rings. The van der Waals surface area contributed by atoms with Gasteiger partial charge in [0.1, 0.15) is 6.29 Å². The number of hydrogen-bond donors (Lipinski definition) is 0. The van der Waals surface area contributed by atoms with Gasteiger partial charge in [-0.2, -0.15) is 0 Å². The van der Waals surface area contributed by atoms with Crippen LogP contribution in [0.5, 0.6) is 0 Å². The SMILES string of the molecule is O=CC1CCCCN1c1ccccc1CCN1CC(Cc2ccccc2)C1. The van der Waals surface area contributed by atoms with Crippen molar-refractivity contribution in [2.45, 2.75) is 38.1 Å². The Morgan fingerprint density at radius 1 is 0.963 bits per heavy atom. The molecule has 2 aromatic rings. The van der Waals surface area contributed by atoms with Gasteiger partial charge in [-0.3, -0.25) is 0 Å². The lowest BCUT2D eigenvalue weighted by Gasteiger charge is -2.40. The minimum atomic E-state index is 0.0548. The van der Waals surface area contributed by atoms with Gasteiger partial charge in [-0.15, -0.1) is 0 Å². The third-order valence-electron chi connectivity index (χ3n) is 6.10. The molecule has 0 N–H and O–H groups in total. The van der Waals surface area contributed by atoms with Crippen molar-refractivity contribution in [2.75, 3.05) is 31.1 Å². The standard InChI is InChI=1S/C24H30N2O/c27-19-23-11-6-7-14-26(23)24-12-5-4-10-22(24)13-15-25-17-21(18-25)16-20-8-2-1-3-9-20/h1-5,8-10,12,19,21,23H,6-7,11,13-18H2. The zero-order chi connectivity index (χ0) is 18.5. The highest BCUT2D eigenvalue weighted by Crippen LogP contribution is 2.28. The van der Waals surface area contributed by atoms with Crippen molar-refractivity contribution in [1.29, 1.82) is 0 Å². The number of rotatable bonds is 7. The Kier molecular flexibility index (Phi) is 5.88. The number of piperidine rings is 1. The number of hydrogen-bond acceptors (Lipinski definition) is 3. The van der Waals surface area contributed by atoms with Crippen molar-refractivity contribution in [3.8, 4) is 0 Å². The molecule has 0 bridgehead atoms. The topological polar surface area (TPSA) is 23.6 Å². The number of aldehydes is 1. The number of likely N-dealkylation sites (tertiary alicyclic amines) is 1. The van der Waals surface area contributed by atoms with Crippen LogP contribution in [-0.4, -0.2) is 43.4 Å². The summed E-state index contributed by atoms with van der Waals surface area (Å²) in [5.74, 6) is 0.796. The van der Waals surface area contributed by atoms with E-state index in [4.69, 9.17) is 0 Å². The van der Waals surface area contributed by atoms with Gasteiger partial charge in [0.15, 0.2) is 0 Å². The van der Waals surface area contributed by atoms with Crippen molar-refractivity contribution in [2.24, 2.45) is 5.92 Å². The first-order valence-electron chi connectivity index (χ1n) is 10.4. The number of benzene rings is 2. The van der Waals surface area contributed by atoms with Crippen molar-refractivity contribution in [1.82, 2.24) is 4.90 Å². The molecule has 3 nitrogen and oxygen atoms in total. The Morgan fingerprint density at radius 3 is 2.56 bits per heavy atom. The molecule has 2 aliphatic heterocycles. The Bertz CT molecular complexity index is 739. The molecule has 0 amide bonds. The van der Waals surface area contributed by atoms with Gasteiger partial charge in [0.2, 0.25) is 0 Å². The van der Waals surface area contributed by atoms with Gasteiger partial charge in [0, 0.05) is 31.9 Å². The van der Waals surface area contributed by atoms with Gasteiger partial charge in [0.25, 0.3) is 0 Å². The van der Waals surface area contributed by atoms with Gasteiger partial charge in [-0.1, -0.05) is 48.5 Å². The molecule has 3 heteroatoms. The summed E-state index contributed by atoms with van der Waals surface area (Å²) in [5.41, 5.74) is 4.12. The number of carbonyl (C=O) groups excluding carboxylic acids is 1. The maximum Gasteiger partial charge on any atom is 0.142 e. The second-order valence-corrected chi connectivity index (χ2v) is 8.09. The molecule has 27 heavy (non-hydrogen) atoms. The molecule has 2 saturated heterocycles. The largest absolute Gasteiger partial charge is 0.362 e. The molecule has 1 atom stereocenters. The van der Waals surface area contributed by atoms with Gasteiger partial charge in [0.05, 0.1) is 6.04 Å². The lowest BCUT2D eigenvalue weighted by molar-refractivity contribution is -0.109. The molecule has 4 rings (SSSR count). The van der Waals surface area contributed by atoms with Gasteiger partial charge < -0.3 is 14.6 Å². The molecule has 0 spiro atoms. The molecule has 0 radical (unpaired) electrons. The van der Waals surface area contributed by atoms with E-state index in [0.717, 1.165) is 38.1 Å². The third-order valence-corrected chi connectivity index (χ3v) is 6.10. The summed E-state index contributed by atoms with van der Waals surface area (Å²) in [6.07, 6.45) is 6.74. The molecule has 2 aromatic carbocycles. The highest BCUT2D eigenvalue weighted by atomic mass is 16.1. The molecule has 1 unspecified atom stereocenters. The smallest absolute Gasteiger partial charge is 0.142 e. The van der Waals surface area contributed by atoms with Crippen molar-refractivity contribution < 1.29 is 4.79 Å². The Hall–Kier alpha value is -2.13. The van der Waals surface area contributed by atoms with Crippen LogP contribution in [0.3, 0.4) is 0 Å². The van der Waals surface area contributed by atoms with E-state index in [0.29, 0.717) is 0 Å². The summed E-state index contributed by atoms with van der Waals surface area (Å²) in [6.45, 7) is 4.53. The first-order valence-corrected chi connectivity index (χ1v) is 10.4. The van der Waals surface area contributed by atoms with Crippen LogP contribution in [0.2, 0.25) is 0 Å². The summed E-state index contributed by atoms with van der Waals surface area (Å²) in [6, 6.07) is 19.6. The lowest BCUT2D eigenvalue weighted by Crippen LogP contribution is -2.48. The number of anilines is 1. The molecule has 0 saturated carbocycles. The van der Waals surface area contributed by atoms with E-state index < -0.39 is 0 Å².